The summed E-state index contributed by atoms with van der Waals surface area (Å²) < 4.78 is 42.7. The highest BCUT2D eigenvalue weighted by molar-refractivity contribution is 7.91. The number of carbonyl (C=O) groups is 1. The number of thiophene rings is 1. The minimum absolute atomic E-state index is 0.0605. The van der Waals surface area contributed by atoms with Crippen molar-refractivity contribution < 1.29 is 27.4 Å². The number of hydrogen-bond donors (Lipinski definition) is 0. The molecule has 1 aliphatic heterocycles. The summed E-state index contributed by atoms with van der Waals surface area (Å²) in [4.78, 5) is 15.8. The number of amides is 1. The molecule has 0 saturated carbocycles. The number of ether oxygens (including phenoxy) is 3. The Balaban J connectivity index is 1.89. The lowest BCUT2D eigenvalue weighted by molar-refractivity contribution is 0.0765. The maximum Gasteiger partial charge on any atom is 0.254 e. The number of nitrogens with zero attached hydrogens (tertiary/aromatic N) is 1. The monoisotopic (exact) mass is 467 g/mol. The number of rotatable bonds is 8. The summed E-state index contributed by atoms with van der Waals surface area (Å²) in [6, 6.07) is 7.00. The van der Waals surface area contributed by atoms with Crippen molar-refractivity contribution in [3.05, 3.63) is 40.1 Å². The molecule has 0 N–H and O–H groups in total. The lowest BCUT2D eigenvalue weighted by atomic mass is 10.1. The topological polar surface area (TPSA) is 82.1 Å². The molecule has 1 saturated heterocycles. The van der Waals surface area contributed by atoms with Gasteiger partial charge in [0.15, 0.2) is 21.3 Å². The highest BCUT2D eigenvalue weighted by Crippen LogP contribution is 2.40. The zero-order valence-corrected chi connectivity index (χ0v) is 19.8. The fraction of sp³-hybridized carbons (Fsp3) is 0.500. The molecule has 0 spiro atoms. The summed E-state index contributed by atoms with van der Waals surface area (Å²) >= 11 is 1.44. The predicted octanol–water partition coefficient (Wildman–Crippen LogP) is 3.95. The second-order valence-electron chi connectivity index (χ2n) is 7.05. The Morgan fingerprint density at radius 1 is 1.06 bits per heavy atom. The maximum absolute atomic E-state index is 13.3. The molecule has 7 nitrogen and oxygen atoms in total. The van der Waals surface area contributed by atoms with Gasteiger partial charge in [-0.15, -0.1) is 11.3 Å². The van der Waals surface area contributed by atoms with E-state index in [0.717, 1.165) is 4.88 Å². The molecule has 1 fully saturated rings. The van der Waals surface area contributed by atoms with Crippen LogP contribution in [0.3, 0.4) is 0 Å². The second-order valence-corrected chi connectivity index (χ2v) is 10.3. The van der Waals surface area contributed by atoms with E-state index in [-0.39, 0.29) is 18.2 Å². The lowest BCUT2D eigenvalue weighted by Crippen LogP contribution is -2.33. The van der Waals surface area contributed by atoms with Crippen LogP contribution in [-0.2, 0) is 9.84 Å². The molecule has 0 aliphatic carbocycles. The van der Waals surface area contributed by atoms with E-state index in [0.29, 0.717) is 55.6 Å². The highest BCUT2D eigenvalue weighted by Gasteiger charge is 2.34. The molecule has 1 aromatic carbocycles. The van der Waals surface area contributed by atoms with Gasteiger partial charge in [-0.3, -0.25) is 4.79 Å². The van der Waals surface area contributed by atoms with Crippen LogP contribution in [0.2, 0.25) is 0 Å². The second kappa shape index (κ2) is 10.4. The normalized spacial score (nSPS) is 18.3. The largest absolute Gasteiger partial charge is 0.490 e. The Morgan fingerprint density at radius 2 is 1.71 bits per heavy atom. The quantitative estimate of drug-likeness (QED) is 0.585. The van der Waals surface area contributed by atoms with Gasteiger partial charge in [-0.25, -0.2) is 8.42 Å². The minimum Gasteiger partial charge on any atom is -0.490 e. The Kier molecular flexibility index (Phi) is 7.83. The zero-order valence-electron chi connectivity index (χ0n) is 18.1. The van der Waals surface area contributed by atoms with Crippen LogP contribution in [0, 0.1) is 0 Å². The van der Waals surface area contributed by atoms with Gasteiger partial charge < -0.3 is 19.1 Å². The molecule has 1 atom stereocenters. The molecule has 9 heteroatoms. The molecular weight excluding hydrogens is 438 g/mol. The summed E-state index contributed by atoms with van der Waals surface area (Å²) in [5, 5.41) is 1.31. The fourth-order valence-electron chi connectivity index (χ4n) is 3.64. The summed E-state index contributed by atoms with van der Waals surface area (Å²) in [7, 11) is -3.33. The molecule has 1 unspecified atom stereocenters. The summed E-state index contributed by atoms with van der Waals surface area (Å²) in [5.41, 5.74) is 0.391. The third-order valence-corrected chi connectivity index (χ3v) is 8.29. The Hall–Kier alpha value is -2.26. The van der Waals surface area contributed by atoms with E-state index in [4.69, 9.17) is 14.2 Å². The molecule has 1 amide bonds. The van der Waals surface area contributed by atoms with Crippen LogP contribution in [0.15, 0.2) is 29.6 Å². The van der Waals surface area contributed by atoms with Crippen molar-refractivity contribution in [2.75, 3.05) is 38.7 Å². The lowest BCUT2D eigenvalue weighted by Gasteiger charge is -2.22. The van der Waals surface area contributed by atoms with Crippen LogP contribution >= 0.6 is 11.3 Å². The molecule has 2 heterocycles. The summed E-state index contributed by atoms with van der Waals surface area (Å²) in [5.74, 6) is 1.05. The van der Waals surface area contributed by atoms with Crippen LogP contribution < -0.4 is 14.2 Å². The van der Waals surface area contributed by atoms with Crippen molar-refractivity contribution in [1.29, 1.82) is 0 Å². The molecular formula is C22H29NO6S2. The average Bonchev–Trinajstić information content (AvgIpc) is 3.21. The summed E-state index contributed by atoms with van der Waals surface area (Å²) in [6.45, 7) is 7.35. The van der Waals surface area contributed by atoms with E-state index in [1.54, 1.807) is 17.0 Å². The van der Waals surface area contributed by atoms with Crippen LogP contribution in [0.4, 0.5) is 0 Å². The number of hydrogen-bond acceptors (Lipinski definition) is 7. The van der Waals surface area contributed by atoms with Crippen molar-refractivity contribution in [3.8, 4) is 17.2 Å². The summed E-state index contributed by atoms with van der Waals surface area (Å²) in [6.07, 6.45) is 0.377. The number of benzene rings is 1. The average molecular weight is 468 g/mol. The maximum atomic E-state index is 13.3. The molecule has 1 aromatic heterocycles. The first-order valence-corrected chi connectivity index (χ1v) is 13.1. The Bertz CT molecular complexity index is 960. The first kappa shape index (κ1) is 23.4. The fourth-order valence-corrected chi connectivity index (χ4v) is 6.64. The molecule has 0 radical (unpaired) electrons. The van der Waals surface area contributed by atoms with Crippen molar-refractivity contribution in [3.63, 3.8) is 0 Å². The van der Waals surface area contributed by atoms with E-state index in [9.17, 15) is 13.2 Å². The molecule has 0 bridgehead atoms. The van der Waals surface area contributed by atoms with E-state index in [1.807, 2.05) is 38.3 Å². The van der Waals surface area contributed by atoms with Crippen LogP contribution in [-0.4, -0.2) is 57.9 Å². The van der Waals surface area contributed by atoms with Crippen molar-refractivity contribution in [2.45, 2.75) is 32.4 Å². The molecule has 170 valence electrons. The number of carbonyl (C=O) groups excluding carboxylic acids is 1. The molecule has 2 aromatic rings. The van der Waals surface area contributed by atoms with Gasteiger partial charge in [0.1, 0.15) is 0 Å². The van der Waals surface area contributed by atoms with Gasteiger partial charge in [0.25, 0.3) is 5.91 Å². The van der Waals surface area contributed by atoms with Crippen molar-refractivity contribution in [1.82, 2.24) is 4.90 Å². The van der Waals surface area contributed by atoms with Crippen molar-refractivity contribution >= 4 is 27.1 Å². The van der Waals surface area contributed by atoms with E-state index < -0.39 is 15.1 Å². The highest BCUT2D eigenvalue weighted by atomic mass is 32.2. The van der Waals surface area contributed by atoms with Crippen LogP contribution in [0.1, 0.15) is 47.7 Å². The Morgan fingerprint density at radius 3 is 2.26 bits per heavy atom. The van der Waals surface area contributed by atoms with Gasteiger partial charge in [0, 0.05) is 23.5 Å². The predicted molar refractivity (Wildman–Crippen MR) is 121 cm³/mol. The minimum atomic E-state index is -3.33. The van der Waals surface area contributed by atoms with Crippen molar-refractivity contribution in [2.24, 2.45) is 0 Å². The third kappa shape index (κ3) is 5.33. The van der Waals surface area contributed by atoms with E-state index >= 15 is 0 Å². The first-order chi connectivity index (χ1) is 14.9. The number of sulfone groups is 1. The first-order valence-electron chi connectivity index (χ1n) is 10.5. The standard InChI is InChI=1S/C22H29NO6S2/c1-4-27-17-14-16(15-18(28-5-2)21(17)29-6-3)22(24)23-10-9-20(19-8-7-12-30-19)31(25,26)13-11-23/h7-8,12,14-15,20H,4-6,9-11,13H2,1-3H3. The van der Waals surface area contributed by atoms with Crippen LogP contribution in [0.5, 0.6) is 17.2 Å². The van der Waals surface area contributed by atoms with Crippen LogP contribution in [0.25, 0.3) is 0 Å². The van der Waals surface area contributed by atoms with Gasteiger partial charge in [-0.2, -0.15) is 0 Å². The van der Waals surface area contributed by atoms with Gasteiger partial charge in [0.2, 0.25) is 5.75 Å². The van der Waals surface area contributed by atoms with Gasteiger partial charge in [-0.05, 0) is 50.8 Å². The van der Waals surface area contributed by atoms with E-state index in [2.05, 4.69) is 0 Å². The smallest absolute Gasteiger partial charge is 0.254 e. The van der Waals surface area contributed by atoms with E-state index in [1.165, 1.54) is 11.3 Å². The zero-order chi connectivity index (χ0) is 22.4. The Labute approximate surface area is 187 Å². The van der Waals surface area contributed by atoms with Gasteiger partial charge >= 0.3 is 0 Å². The molecule has 1 aliphatic rings. The SMILES string of the molecule is CCOc1cc(C(=O)N2CCC(c3cccs3)S(=O)(=O)CC2)cc(OCC)c1OCC. The molecule has 3 rings (SSSR count). The third-order valence-electron chi connectivity index (χ3n) is 5.04. The van der Waals surface area contributed by atoms with Gasteiger partial charge in [-0.1, -0.05) is 6.07 Å². The van der Waals surface area contributed by atoms with Gasteiger partial charge in [0.05, 0.1) is 30.8 Å². The molecule has 31 heavy (non-hydrogen) atoms.